The SMILES string of the molecule is CC(C)S(=O)(=O)N1CCCC(NC(=O)Nc2cnc3[nH]ccc3n2)C1. The third-order valence-corrected chi connectivity index (χ3v) is 6.42. The molecule has 0 bridgehead atoms. The normalized spacial score (nSPS) is 19.2. The number of rotatable bonds is 4. The van der Waals surface area contributed by atoms with Crippen LogP contribution in [0.25, 0.3) is 11.2 Å². The Labute approximate surface area is 146 Å². The molecule has 10 heteroatoms. The Morgan fingerprint density at radius 1 is 1.44 bits per heavy atom. The molecule has 0 aliphatic carbocycles. The first-order chi connectivity index (χ1) is 11.9. The fraction of sp³-hybridized carbons (Fsp3) is 0.533. The Hall–Kier alpha value is -2.20. The molecule has 3 rings (SSSR count). The number of anilines is 1. The number of hydrogen-bond donors (Lipinski definition) is 3. The number of aromatic nitrogens is 3. The first-order valence-electron chi connectivity index (χ1n) is 8.23. The summed E-state index contributed by atoms with van der Waals surface area (Å²) < 4.78 is 26.0. The number of urea groups is 1. The molecular weight excluding hydrogens is 344 g/mol. The zero-order valence-corrected chi connectivity index (χ0v) is 15.0. The van der Waals surface area contributed by atoms with E-state index in [9.17, 15) is 13.2 Å². The Morgan fingerprint density at radius 2 is 2.24 bits per heavy atom. The van der Waals surface area contributed by atoms with Crippen LogP contribution in [0.5, 0.6) is 0 Å². The van der Waals surface area contributed by atoms with E-state index >= 15 is 0 Å². The number of H-pyrrole nitrogens is 1. The predicted octanol–water partition coefficient (Wildman–Crippen LogP) is 1.28. The van der Waals surface area contributed by atoms with Crippen molar-refractivity contribution in [2.75, 3.05) is 18.4 Å². The highest BCUT2D eigenvalue weighted by Gasteiger charge is 2.31. The number of hydrogen-bond acceptors (Lipinski definition) is 5. The van der Waals surface area contributed by atoms with Crippen molar-refractivity contribution in [3.63, 3.8) is 0 Å². The van der Waals surface area contributed by atoms with Crippen molar-refractivity contribution in [1.29, 1.82) is 0 Å². The summed E-state index contributed by atoms with van der Waals surface area (Å²) in [6.45, 7) is 4.11. The van der Waals surface area contributed by atoms with Crippen LogP contribution in [0, 0.1) is 0 Å². The molecule has 3 N–H and O–H groups in total. The number of fused-ring (bicyclic) bond motifs is 1. The van der Waals surface area contributed by atoms with Gasteiger partial charge in [0.2, 0.25) is 10.0 Å². The minimum Gasteiger partial charge on any atom is -0.345 e. The molecule has 1 unspecified atom stereocenters. The molecule has 0 aromatic carbocycles. The van der Waals surface area contributed by atoms with Gasteiger partial charge in [0.25, 0.3) is 0 Å². The zero-order chi connectivity index (χ0) is 18.0. The Morgan fingerprint density at radius 3 is 3.00 bits per heavy atom. The highest BCUT2D eigenvalue weighted by atomic mass is 32.2. The molecule has 136 valence electrons. The van der Waals surface area contributed by atoms with Gasteiger partial charge >= 0.3 is 6.03 Å². The number of amides is 2. The van der Waals surface area contributed by atoms with E-state index < -0.39 is 21.3 Å². The number of nitrogens with zero attached hydrogens (tertiary/aromatic N) is 3. The summed E-state index contributed by atoms with van der Waals surface area (Å²) >= 11 is 0. The Balaban J connectivity index is 1.60. The molecule has 1 saturated heterocycles. The lowest BCUT2D eigenvalue weighted by Crippen LogP contribution is -2.51. The third kappa shape index (κ3) is 3.90. The molecule has 1 fully saturated rings. The van der Waals surface area contributed by atoms with Gasteiger partial charge in [-0.15, -0.1) is 0 Å². The van der Waals surface area contributed by atoms with Crippen LogP contribution in [-0.2, 0) is 10.0 Å². The molecule has 25 heavy (non-hydrogen) atoms. The number of nitrogens with one attached hydrogen (secondary N) is 3. The third-order valence-electron chi connectivity index (χ3n) is 4.18. The van der Waals surface area contributed by atoms with Crippen molar-refractivity contribution in [3.05, 3.63) is 18.5 Å². The van der Waals surface area contributed by atoms with E-state index in [0.29, 0.717) is 29.9 Å². The maximum absolute atomic E-state index is 12.3. The highest BCUT2D eigenvalue weighted by molar-refractivity contribution is 7.89. The minimum absolute atomic E-state index is 0.230. The molecule has 2 amide bonds. The maximum atomic E-state index is 12.3. The molecule has 0 radical (unpaired) electrons. The first kappa shape index (κ1) is 17.6. The van der Waals surface area contributed by atoms with Gasteiger partial charge in [-0.05, 0) is 32.8 Å². The maximum Gasteiger partial charge on any atom is 0.320 e. The summed E-state index contributed by atoms with van der Waals surface area (Å²) in [6, 6.07) is 1.12. The molecule has 0 saturated carbocycles. The van der Waals surface area contributed by atoms with Crippen molar-refractivity contribution in [2.24, 2.45) is 0 Å². The average molecular weight is 366 g/mol. The number of carbonyl (C=O) groups excluding carboxylic acids is 1. The molecule has 0 spiro atoms. The lowest BCUT2D eigenvalue weighted by Gasteiger charge is -2.33. The lowest BCUT2D eigenvalue weighted by atomic mass is 10.1. The number of aromatic amines is 1. The van der Waals surface area contributed by atoms with E-state index in [2.05, 4.69) is 25.6 Å². The predicted molar refractivity (Wildman–Crippen MR) is 94.7 cm³/mol. The first-order valence-corrected chi connectivity index (χ1v) is 9.73. The van der Waals surface area contributed by atoms with Crippen LogP contribution in [0.2, 0.25) is 0 Å². The van der Waals surface area contributed by atoms with E-state index in [4.69, 9.17) is 0 Å². The largest absolute Gasteiger partial charge is 0.345 e. The second kappa shape index (κ2) is 6.96. The highest BCUT2D eigenvalue weighted by Crippen LogP contribution is 2.17. The van der Waals surface area contributed by atoms with Gasteiger partial charge in [-0.1, -0.05) is 0 Å². The van der Waals surface area contributed by atoms with Crippen molar-refractivity contribution >= 4 is 33.0 Å². The summed E-state index contributed by atoms with van der Waals surface area (Å²) in [7, 11) is -3.31. The van der Waals surface area contributed by atoms with E-state index in [1.165, 1.54) is 10.5 Å². The van der Waals surface area contributed by atoms with E-state index in [1.54, 1.807) is 26.1 Å². The zero-order valence-electron chi connectivity index (χ0n) is 14.2. The van der Waals surface area contributed by atoms with Gasteiger partial charge in [0, 0.05) is 25.3 Å². The van der Waals surface area contributed by atoms with Gasteiger partial charge in [0.15, 0.2) is 11.5 Å². The smallest absolute Gasteiger partial charge is 0.320 e. The second-order valence-electron chi connectivity index (χ2n) is 6.36. The molecule has 1 aliphatic rings. The molecular formula is C15H22N6O3S. The molecule has 3 heterocycles. The fourth-order valence-corrected chi connectivity index (χ4v) is 4.19. The van der Waals surface area contributed by atoms with Crippen LogP contribution in [-0.4, -0.2) is 58.1 Å². The van der Waals surface area contributed by atoms with E-state index in [1.807, 2.05) is 0 Å². The van der Waals surface area contributed by atoms with E-state index in [-0.39, 0.29) is 12.6 Å². The molecule has 2 aromatic heterocycles. The van der Waals surface area contributed by atoms with Gasteiger partial charge in [0.1, 0.15) is 5.52 Å². The van der Waals surface area contributed by atoms with Crippen LogP contribution in [0.3, 0.4) is 0 Å². The van der Waals surface area contributed by atoms with Gasteiger partial charge in [-0.2, -0.15) is 4.31 Å². The van der Waals surface area contributed by atoms with Gasteiger partial charge in [-0.3, -0.25) is 5.32 Å². The van der Waals surface area contributed by atoms with Crippen LogP contribution < -0.4 is 10.6 Å². The molecule has 2 aromatic rings. The Bertz CT molecular complexity index is 863. The second-order valence-corrected chi connectivity index (χ2v) is 8.85. The minimum atomic E-state index is -3.31. The van der Waals surface area contributed by atoms with Crippen LogP contribution >= 0.6 is 0 Å². The standard InChI is InChI=1S/C15H22N6O3S/c1-10(2)25(23,24)21-7-3-4-11(9-21)18-15(22)20-13-8-17-14-12(19-13)5-6-16-14/h5-6,8,10-11H,3-4,7,9H2,1-2H3,(H,16,17)(H2,18,19,20,22). The lowest BCUT2D eigenvalue weighted by molar-refractivity contribution is 0.236. The summed E-state index contributed by atoms with van der Waals surface area (Å²) in [5.74, 6) is 0.340. The summed E-state index contributed by atoms with van der Waals surface area (Å²) in [6.07, 6.45) is 4.64. The number of piperidine rings is 1. The summed E-state index contributed by atoms with van der Waals surface area (Å²) in [5, 5.41) is 4.99. The van der Waals surface area contributed by atoms with Crippen LogP contribution in [0.15, 0.2) is 18.5 Å². The molecule has 9 nitrogen and oxygen atoms in total. The van der Waals surface area contributed by atoms with Gasteiger partial charge in [0.05, 0.1) is 11.4 Å². The van der Waals surface area contributed by atoms with Gasteiger partial charge in [-0.25, -0.2) is 23.2 Å². The topological polar surface area (TPSA) is 120 Å². The number of carbonyl (C=O) groups is 1. The number of sulfonamides is 1. The van der Waals surface area contributed by atoms with Crippen molar-refractivity contribution in [3.8, 4) is 0 Å². The average Bonchev–Trinajstić information content (AvgIpc) is 3.02. The molecule has 1 aliphatic heterocycles. The van der Waals surface area contributed by atoms with E-state index in [0.717, 1.165) is 6.42 Å². The van der Waals surface area contributed by atoms with Crippen LogP contribution in [0.1, 0.15) is 26.7 Å². The Kier molecular flexibility index (Phi) is 4.91. The van der Waals surface area contributed by atoms with Gasteiger partial charge < -0.3 is 10.3 Å². The quantitative estimate of drug-likeness (QED) is 0.753. The van der Waals surface area contributed by atoms with Crippen molar-refractivity contribution in [1.82, 2.24) is 24.6 Å². The monoisotopic (exact) mass is 366 g/mol. The van der Waals surface area contributed by atoms with Crippen molar-refractivity contribution in [2.45, 2.75) is 38.0 Å². The van der Waals surface area contributed by atoms with Crippen LogP contribution in [0.4, 0.5) is 10.6 Å². The molecule has 1 atom stereocenters. The fourth-order valence-electron chi connectivity index (χ4n) is 2.82. The van der Waals surface area contributed by atoms with Crippen molar-refractivity contribution < 1.29 is 13.2 Å². The summed E-state index contributed by atoms with van der Waals surface area (Å²) in [5.41, 5.74) is 1.30. The summed E-state index contributed by atoms with van der Waals surface area (Å²) in [4.78, 5) is 23.5.